The first-order valence-corrected chi connectivity index (χ1v) is 8.47. The van der Waals surface area contributed by atoms with Crippen molar-refractivity contribution in [2.24, 2.45) is 17.8 Å². The van der Waals surface area contributed by atoms with E-state index in [-0.39, 0.29) is 31.1 Å². The maximum Gasteiger partial charge on any atom is 0.307 e. The van der Waals surface area contributed by atoms with Crippen LogP contribution >= 0.6 is 0 Å². The van der Waals surface area contributed by atoms with E-state index in [1.54, 1.807) is 37.3 Å². The summed E-state index contributed by atoms with van der Waals surface area (Å²) in [5.41, 5.74) is 0.575. The van der Waals surface area contributed by atoms with E-state index < -0.39 is 34.7 Å². The average Bonchev–Trinajstić information content (AvgIpc) is 2.82. The number of rotatable bonds is 7. The molecule has 1 aromatic carbocycles. The van der Waals surface area contributed by atoms with Gasteiger partial charge in [-0.3, -0.25) is 24.5 Å². The number of anilines is 1. The number of hydrogen-bond donors (Lipinski definition) is 1. The van der Waals surface area contributed by atoms with E-state index >= 15 is 0 Å². The van der Waals surface area contributed by atoms with Crippen LogP contribution in [-0.2, 0) is 19.1 Å². The third-order valence-electron chi connectivity index (χ3n) is 4.65. The van der Waals surface area contributed by atoms with Gasteiger partial charge in [0.05, 0.1) is 6.42 Å². The van der Waals surface area contributed by atoms with Gasteiger partial charge in [0, 0.05) is 28.9 Å². The Labute approximate surface area is 151 Å². The molecule has 1 aliphatic carbocycles. The van der Waals surface area contributed by atoms with Gasteiger partial charge in [0.1, 0.15) is 5.78 Å². The number of para-hydroxylation sites is 1. The summed E-state index contributed by atoms with van der Waals surface area (Å²) in [5.74, 6) is -2.73. The second-order valence-corrected chi connectivity index (χ2v) is 6.62. The molecule has 2 rings (SSSR count). The molecule has 1 aliphatic rings. The van der Waals surface area contributed by atoms with Gasteiger partial charge >= 0.3 is 5.97 Å². The Balaban J connectivity index is 1.91. The molecular formula is C18H22N2O6. The molecule has 0 aliphatic heterocycles. The van der Waals surface area contributed by atoms with E-state index in [4.69, 9.17) is 4.74 Å². The van der Waals surface area contributed by atoms with Crippen LogP contribution in [0, 0.1) is 27.9 Å². The largest absolute Gasteiger partial charge is 0.453 e. The van der Waals surface area contributed by atoms with E-state index in [1.165, 1.54) is 6.92 Å². The molecular weight excluding hydrogens is 340 g/mol. The lowest BCUT2D eigenvalue weighted by Gasteiger charge is -2.18. The number of ketones is 1. The number of carbonyl (C=O) groups excluding carboxylic acids is 3. The molecule has 8 nitrogen and oxygen atoms in total. The fraction of sp³-hybridized carbons (Fsp3) is 0.500. The minimum Gasteiger partial charge on any atom is -0.453 e. The fourth-order valence-electron chi connectivity index (χ4n) is 3.24. The van der Waals surface area contributed by atoms with Gasteiger partial charge in [-0.1, -0.05) is 25.1 Å². The molecule has 1 saturated carbocycles. The van der Waals surface area contributed by atoms with Gasteiger partial charge in [0.25, 0.3) is 5.91 Å². The average molecular weight is 362 g/mol. The van der Waals surface area contributed by atoms with Crippen LogP contribution in [-0.4, -0.2) is 35.2 Å². The number of nitrogens with one attached hydrogen (secondary N) is 1. The zero-order valence-corrected chi connectivity index (χ0v) is 14.7. The van der Waals surface area contributed by atoms with Crippen molar-refractivity contribution in [1.82, 2.24) is 0 Å². The monoisotopic (exact) mass is 362 g/mol. The predicted molar refractivity (Wildman–Crippen MR) is 92.9 cm³/mol. The van der Waals surface area contributed by atoms with Gasteiger partial charge in [-0.25, -0.2) is 0 Å². The molecule has 140 valence electrons. The molecule has 1 aromatic rings. The minimum atomic E-state index is -1.04. The second-order valence-electron chi connectivity index (χ2n) is 6.62. The summed E-state index contributed by atoms with van der Waals surface area (Å²) < 4.78 is 5.11. The summed E-state index contributed by atoms with van der Waals surface area (Å²) in [6.45, 7) is 2.85. The molecule has 1 N–H and O–H groups in total. The van der Waals surface area contributed by atoms with Crippen LogP contribution in [0.15, 0.2) is 30.3 Å². The van der Waals surface area contributed by atoms with Gasteiger partial charge in [-0.2, -0.15) is 0 Å². The van der Waals surface area contributed by atoms with E-state index in [0.717, 1.165) is 0 Å². The highest BCUT2D eigenvalue weighted by molar-refractivity contribution is 5.95. The number of carbonyl (C=O) groups is 3. The van der Waals surface area contributed by atoms with Crippen LogP contribution in [0.25, 0.3) is 0 Å². The summed E-state index contributed by atoms with van der Waals surface area (Å²) in [6.07, 6.45) is -1.06. The Bertz CT molecular complexity index is 690. The molecule has 4 atom stereocenters. The maximum absolute atomic E-state index is 12.1. The summed E-state index contributed by atoms with van der Waals surface area (Å²) >= 11 is 0. The zero-order valence-electron chi connectivity index (χ0n) is 14.7. The molecule has 0 unspecified atom stereocenters. The molecule has 26 heavy (non-hydrogen) atoms. The molecule has 0 radical (unpaired) electrons. The molecule has 0 bridgehead atoms. The van der Waals surface area contributed by atoms with Crippen molar-refractivity contribution in [2.75, 3.05) is 11.9 Å². The third kappa shape index (κ3) is 5.11. The van der Waals surface area contributed by atoms with Gasteiger partial charge in [0.15, 0.2) is 6.10 Å². The van der Waals surface area contributed by atoms with Crippen LogP contribution < -0.4 is 5.32 Å². The summed E-state index contributed by atoms with van der Waals surface area (Å²) in [5, 5.41) is 13.4. The smallest absolute Gasteiger partial charge is 0.307 e. The van der Waals surface area contributed by atoms with Gasteiger partial charge < -0.3 is 10.1 Å². The van der Waals surface area contributed by atoms with Gasteiger partial charge in [0.2, 0.25) is 6.54 Å². The second kappa shape index (κ2) is 8.55. The first kappa shape index (κ1) is 19.6. The number of Topliss-reactive ketones (excluding diaryl/α,β-unsaturated/α-hetero) is 1. The lowest BCUT2D eigenvalue weighted by Crippen LogP contribution is -2.32. The number of esters is 1. The number of benzene rings is 1. The van der Waals surface area contributed by atoms with Gasteiger partial charge in [-0.05, 0) is 25.0 Å². The molecule has 0 aromatic heterocycles. The summed E-state index contributed by atoms with van der Waals surface area (Å²) in [7, 11) is 0. The molecule has 0 spiro atoms. The molecule has 0 heterocycles. The SMILES string of the molecule is C[C@H](OC(=O)C[C@H]1C(=O)C[C@H](C)[C@H]1C[N+](=O)[O-])C(=O)Nc1ccccc1. The minimum absolute atomic E-state index is 0.149. The Kier molecular flexibility index (Phi) is 6.43. The highest BCUT2D eigenvalue weighted by atomic mass is 16.6. The van der Waals surface area contributed by atoms with Crippen LogP contribution in [0.5, 0.6) is 0 Å². The Morgan fingerprint density at radius 2 is 2.00 bits per heavy atom. The van der Waals surface area contributed by atoms with Gasteiger partial charge in [-0.15, -0.1) is 0 Å². The fourth-order valence-corrected chi connectivity index (χ4v) is 3.24. The molecule has 0 saturated heterocycles. The number of ether oxygens (including phenoxy) is 1. The van der Waals surface area contributed by atoms with Crippen molar-refractivity contribution in [2.45, 2.75) is 32.8 Å². The van der Waals surface area contributed by atoms with Crippen molar-refractivity contribution in [3.05, 3.63) is 40.4 Å². The summed E-state index contributed by atoms with van der Waals surface area (Å²) in [4.78, 5) is 46.6. The molecule has 8 heteroatoms. The van der Waals surface area contributed by atoms with Crippen LogP contribution in [0.4, 0.5) is 5.69 Å². The Hall–Kier alpha value is -2.77. The number of amides is 1. The predicted octanol–water partition coefficient (Wildman–Crippen LogP) is 2.06. The quantitative estimate of drug-likeness (QED) is 0.451. The van der Waals surface area contributed by atoms with E-state index in [1.807, 2.05) is 0 Å². The number of hydrogen-bond acceptors (Lipinski definition) is 6. The first-order chi connectivity index (χ1) is 12.3. The lowest BCUT2D eigenvalue weighted by molar-refractivity contribution is -0.490. The van der Waals surface area contributed by atoms with Crippen LogP contribution in [0.1, 0.15) is 26.7 Å². The topological polar surface area (TPSA) is 116 Å². The van der Waals surface area contributed by atoms with Crippen LogP contribution in [0.2, 0.25) is 0 Å². The highest BCUT2D eigenvalue weighted by Gasteiger charge is 2.44. The number of nitrogens with zero attached hydrogens (tertiary/aromatic N) is 1. The highest BCUT2D eigenvalue weighted by Crippen LogP contribution is 2.36. The van der Waals surface area contributed by atoms with Crippen molar-refractivity contribution in [3.8, 4) is 0 Å². The standard InChI is InChI=1S/C18H22N2O6/c1-11-8-16(21)14(15(11)10-20(24)25)9-17(22)26-12(2)18(23)19-13-6-4-3-5-7-13/h3-7,11-12,14-15H,8-10H2,1-2H3,(H,19,23)/t11-,12-,14+,15+/m0/s1. The lowest BCUT2D eigenvalue weighted by atomic mass is 9.88. The first-order valence-electron chi connectivity index (χ1n) is 8.47. The van der Waals surface area contributed by atoms with Crippen molar-refractivity contribution in [3.63, 3.8) is 0 Å². The normalized spacial score (nSPS) is 23.3. The summed E-state index contributed by atoms with van der Waals surface area (Å²) in [6, 6.07) is 8.73. The van der Waals surface area contributed by atoms with E-state index in [0.29, 0.717) is 5.69 Å². The van der Waals surface area contributed by atoms with Crippen LogP contribution in [0.3, 0.4) is 0 Å². The van der Waals surface area contributed by atoms with Crippen molar-refractivity contribution in [1.29, 1.82) is 0 Å². The molecule has 1 fully saturated rings. The number of nitro groups is 1. The van der Waals surface area contributed by atoms with Crippen molar-refractivity contribution >= 4 is 23.3 Å². The Morgan fingerprint density at radius 1 is 1.35 bits per heavy atom. The maximum atomic E-state index is 12.1. The zero-order chi connectivity index (χ0) is 19.3. The third-order valence-corrected chi connectivity index (χ3v) is 4.65. The van der Waals surface area contributed by atoms with Crippen molar-refractivity contribution < 1.29 is 24.0 Å². The molecule has 1 amide bonds. The van der Waals surface area contributed by atoms with E-state index in [9.17, 15) is 24.5 Å². The van der Waals surface area contributed by atoms with E-state index in [2.05, 4.69) is 5.32 Å². The Morgan fingerprint density at radius 3 is 2.62 bits per heavy atom.